The molecule has 1 aromatic carbocycles. The fourth-order valence-electron chi connectivity index (χ4n) is 3.18. The van der Waals surface area contributed by atoms with Crippen LogP contribution in [0.4, 0.5) is 0 Å². The van der Waals surface area contributed by atoms with Crippen LogP contribution in [0.1, 0.15) is 25.7 Å². The van der Waals surface area contributed by atoms with Gasteiger partial charge in [0.1, 0.15) is 22.5 Å². The van der Waals surface area contributed by atoms with Crippen molar-refractivity contribution in [3.63, 3.8) is 0 Å². The Morgan fingerprint density at radius 3 is 2.43 bits per heavy atom. The molecular weight excluding hydrogens is 404 g/mol. The summed E-state index contributed by atoms with van der Waals surface area (Å²) in [7, 11) is -0.812. The van der Waals surface area contributed by atoms with Crippen LogP contribution in [0.15, 0.2) is 41.4 Å². The summed E-state index contributed by atoms with van der Waals surface area (Å²) in [5.74, 6) is 1.25. The van der Waals surface area contributed by atoms with Gasteiger partial charge in [-0.2, -0.15) is 0 Å². The molecule has 1 aromatic heterocycles. The Balaban J connectivity index is 1.61. The summed E-state index contributed by atoms with van der Waals surface area (Å²) < 4.78 is 44.7. The lowest BCUT2D eigenvalue weighted by Gasteiger charge is -2.29. The van der Waals surface area contributed by atoms with E-state index in [1.807, 2.05) is 0 Å². The number of rotatable bonds is 7. The largest absolute Gasteiger partial charge is 0.497 e. The van der Waals surface area contributed by atoms with Crippen LogP contribution in [0.3, 0.4) is 0 Å². The third kappa shape index (κ3) is 5.06. The first-order chi connectivity index (χ1) is 13.4. The van der Waals surface area contributed by atoms with Crippen molar-refractivity contribution in [2.45, 2.75) is 42.7 Å². The number of halogens is 1. The molecule has 0 saturated heterocycles. The van der Waals surface area contributed by atoms with Gasteiger partial charge in [0.15, 0.2) is 0 Å². The summed E-state index contributed by atoms with van der Waals surface area (Å²) in [6, 6.07) is 7.99. The molecule has 28 heavy (non-hydrogen) atoms. The van der Waals surface area contributed by atoms with Gasteiger partial charge in [-0.25, -0.2) is 18.1 Å². The Bertz CT molecular complexity index is 897. The van der Waals surface area contributed by atoms with Crippen molar-refractivity contribution in [3.8, 4) is 17.4 Å². The SMILES string of the molecule is COc1ccc(OC)c(S(=O)(=O)NC2CCC(Oc3ccc(Cl)cn3)CC2)c1. The number of methoxy groups -OCH3 is 2. The second-order valence-electron chi connectivity index (χ2n) is 6.54. The number of ether oxygens (including phenoxy) is 3. The maximum atomic E-state index is 12.9. The van der Waals surface area contributed by atoms with Crippen LogP contribution in [0.5, 0.6) is 17.4 Å². The molecule has 1 aliphatic rings. The van der Waals surface area contributed by atoms with Crippen LogP contribution >= 0.6 is 11.6 Å². The monoisotopic (exact) mass is 426 g/mol. The topological polar surface area (TPSA) is 86.8 Å². The summed E-state index contributed by atoms with van der Waals surface area (Å²) in [5.41, 5.74) is 0. The molecule has 0 unspecified atom stereocenters. The molecule has 0 bridgehead atoms. The first kappa shape index (κ1) is 20.7. The van der Waals surface area contributed by atoms with Crippen molar-refractivity contribution in [2.75, 3.05) is 14.2 Å². The summed E-state index contributed by atoms with van der Waals surface area (Å²) in [5, 5.41) is 0.554. The Kier molecular flexibility index (Phi) is 6.64. The highest BCUT2D eigenvalue weighted by atomic mass is 35.5. The molecule has 0 spiro atoms. The van der Waals surface area contributed by atoms with E-state index in [0.717, 1.165) is 12.8 Å². The Morgan fingerprint density at radius 2 is 1.82 bits per heavy atom. The quantitative estimate of drug-likeness (QED) is 0.729. The van der Waals surface area contributed by atoms with E-state index in [9.17, 15) is 8.42 Å². The van der Waals surface area contributed by atoms with Gasteiger partial charge in [-0.15, -0.1) is 0 Å². The van der Waals surface area contributed by atoms with Crippen molar-refractivity contribution in [1.29, 1.82) is 0 Å². The van der Waals surface area contributed by atoms with Crippen molar-refractivity contribution in [3.05, 3.63) is 41.6 Å². The van der Waals surface area contributed by atoms with E-state index in [1.165, 1.54) is 26.5 Å². The molecule has 3 rings (SSSR count). The van der Waals surface area contributed by atoms with E-state index in [-0.39, 0.29) is 22.8 Å². The van der Waals surface area contributed by atoms with E-state index >= 15 is 0 Å². The van der Waals surface area contributed by atoms with Gasteiger partial charge in [0.25, 0.3) is 0 Å². The summed E-state index contributed by atoms with van der Waals surface area (Å²) in [4.78, 5) is 4.20. The van der Waals surface area contributed by atoms with E-state index in [0.29, 0.717) is 29.5 Å². The molecule has 9 heteroatoms. The molecule has 0 atom stereocenters. The molecule has 0 aliphatic heterocycles. The molecule has 1 saturated carbocycles. The number of pyridine rings is 1. The number of sulfonamides is 1. The van der Waals surface area contributed by atoms with Gasteiger partial charge in [0.05, 0.1) is 19.2 Å². The molecule has 2 aromatic rings. The van der Waals surface area contributed by atoms with E-state index in [4.69, 9.17) is 25.8 Å². The number of hydrogen-bond acceptors (Lipinski definition) is 6. The predicted molar refractivity (Wildman–Crippen MR) is 106 cm³/mol. The minimum Gasteiger partial charge on any atom is -0.497 e. The third-order valence-electron chi connectivity index (χ3n) is 4.64. The average Bonchev–Trinajstić information content (AvgIpc) is 2.70. The first-order valence-electron chi connectivity index (χ1n) is 8.94. The van der Waals surface area contributed by atoms with E-state index in [1.54, 1.807) is 24.3 Å². The summed E-state index contributed by atoms with van der Waals surface area (Å²) >= 11 is 5.83. The van der Waals surface area contributed by atoms with E-state index in [2.05, 4.69) is 9.71 Å². The van der Waals surface area contributed by atoms with Gasteiger partial charge in [-0.1, -0.05) is 11.6 Å². The molecule has 1 fully saturated rings. The maximum absolute atomic E-state index is 12.9. The zero-order valence-electron chi connectivity index (χ0n) is 15.7. The number of nitrogens with one attached hydrogen (secondary N) is 1. The Morgan fingerprint density at radius 1 is 1.07 bits per heavy atom. The van der Waals surface area contributed by atoms with Crippen molar-refractivity contribution < 1.29 is 22.6 Å². The zero-order chi connectivity index (χ0) is 20.1. The van der Waals surface area contributed by atoms with Gasteiger partial charge in [0.2, 0.25) is 15.9 Å². The number of aromatic nitrogens is 1. The minimum absolute atomic E-state index is 0.000727. The normalized spacial score (nSPS) is 19.8. The van der Waals surface area contributed by atoms with Crippen LogP contribution < -0.4 is 18.9 Å². The lowest BCUT2D eigenvalue weighted by molar-refractivity contribution is 0.138. The highest BCUT2D eigenvalue weighted by Gasteiger charge is 2.28. The van der Waals surface area contributed by atoms with Crippen LogP contribution in [-0.2, 0) is 10.0 Å². The Labute approximate surface area is 170 Å². The first-order valence-corrected chi connectivity index (χ1v) is 10.8. The predicted octanol–water partition coefficient (Wildman–Crippen LogP) is 3.42. The smallest absolute Gasteiger partial charge is 0.244 e. The molecule has 1 heterocycles. The molecule has 7 nitrogen and oxygen atoms in total. The summed E-state index contributed by atoms with van der Waals surface area (Å²) in [6.07, 6.45) is 4.34. The average molecular weight is 427 g/mol. The fourth-order valence-corrected chi connectivity index (χ4v) is 4.78. The standard InChI is InChI=1S/C19H23ClN2O5S/c1-25-16-8-9-17(26-2)18(11-16)28(23,24)22-14-4-6-15(7-5-14)27-19-10-3-13(20)12-21-19/h3,8-12,14-15,22H,4-7H2,1-2H3. The molecular formula is C19H23ClN2O5S. The van der Waals surface area contributed by atoms with Crippen LogP contribution in [0.25, 0.3) is 0 Å². The van der Waals surface area contributed by atoms with Gasteiger partial charge in [-0.05, 0) is 43.9 Å². The molecule has 0 radical (unpaired) electrons. The number of hydrogen-bond donors (Lipinski definition) is 1. The van der Waals surface area contributed by atoms with Crippen LogP contribution in [0.2, 0.25) is 5.02 Å². The zero-order valence-corrected chi connectivity index (χ0v) is 17.3. The van der Waals surface area contributed by atoms with E-state index < -0.39 is 10.0 Å². The molecule has 1 aliphatic carbocycles. The third-order valence-corrected chi connectivity index (χ3v) is 6.41. The maximum Gasteiger partial charge on any atom is 0.244 e. The second kappa shape index (κ2) is 8.98. The molecule has 1 N–H and O–H groups in total. The lowest BCUT2D eigenvalue weighted by Crippen LogP contribution is -2.39. The number of nitrogens with zero attached hydrogens (tertiary/aromatic N) is 1. The minimum atomic E-state index is -3.74. The fraction of sp³-hybridized carbons (Fsp3) is 0.421. The highest BCUT2D eigenvalue weighted by molar-refractivity contribution is 7.89. The highest BCUT2D eigenvalue weighted by Crippen LogP contribution is 2.30. The summed E-state index contributed by atoms with van der Waals surface area (Å²) in [6.45, 7) is 0. The van der Waals surface area contributed by atoms with Crippen LogP contribution in [-0.4, -0.2) is 39.8 Å². The Hall–Kier alpha value is -2.03. The lowest BCUT2D eigenvalue weighted by atomic mass is 9.94. The van der Waals surface area contributed by atoms with Crippen molar-refractivity contribution in [1.82, 2.24) is 9.71 Å². The second-order valence-corrected chi connectivity index (χ2v) is 8.66. The van der Waals surface area contributed by atoms with Crippen molar-refractivity contribution in [2.24, 2.45) is 0 Å². The van der Waals surface area contributed by atoms with Crippen molar-refractivity contribution >= 4 is 21.6 Å². The van der Waals surface area contributed by atoms with Crippen LogP contribution in [0, 0.1) is 0 Å². The van der Waals surface area contributed by atoms with Gasteiger partial charge in [0, 0.05) is 24.4 Å². The molecule has 0 amide bonds. The van der Waals surface area contributed by atoms with Gasteiger partial charge < -0.3 is 14.2 Å². The van der Waals surface area contributed by atoms with Gasteiger partial charge >= 0.3 is 0 Å². The van der Waals surface area contributed by atoms with Gasteiger partial charge in [-0.3, -0.25) is 0 Å². The number of benzene rings is 1. The molecule has 152 valence electrons.